The van der Waals surface area contributed by atoms with Gasteiger partial charge in [0.1, 0.15) is 11.8 Å². The molecule has 3 aromatic rings. The van der Waals surface area contributed by atoms with Crippen LogP contribution in [-0.2, 0) is 11.2 Å². The summed E-state index contributed by atoms with van der Waals surface area (Å²) in [5.74, 6) is 0.0317. The van der Waals surface area contributed by atoms with Crippen LogP contribution in [0.2, 0.25) is 0 Å². The van der Waals surface area contributed by atoms with E-state index in [1.807, 2.05) is 29.2 Å². The summed E-state index contributed by atoms with van der Waals surface area (Å²) in [7, 11) is 0. The number of aromatic nitrogens is 3. The van der Waals surface area contributed by atoms with E-state index in [1.54, 1.807) is 17.1 Å². The molecule has 7 heteroatoms. The number of carbonyl (C=O) groups excluding carboxylic acids is 1. The van der Waals surface area contributed by atoms with Crippen LogP contribution < -0.4 is 0 Å². The number of nitrogens with zero attached hydrogens (tertiary/aromatic N) is 5. The van der Waals surface area contributed by atoms with E-state index in [4.69, 9.17) is 9.78 Å². The number of hydrogen-bond donors (Lipinski definition) is 0. The molecule has 120 valence electrons. The van der Waals surface area contributed by atoms with E-state index < -0.39 is 0 Å². The van der Waals surface area contributed by atoms with E-state index in [-0.39, 0.29) is 18.4 Å². The minimum absolute atomic E-state index is 0.0317. The lowest BCUT2D eigenvalue weighted by atomic mass is 10.1. The van der Waals surface area contributed by atoms with Crippen molar-refractivity contribution in [1.82, 2.24) is 19.8 Å². The number of hydrogen-bond acceptors (Lipinski definition) is 5. The molecule has 1 aliphatic heterocycles. The highest BCUT2D eigenvalue weighted by atomic mass is 16.5. The molecule has 1 fully saturated rings. The third-order valence-electron chi connectivity index (χ3n) is 4.39. The first-order valence-corrected chi connectivity index (χ1v) is 7.80. The molecule has 0 saturated carbocycles. The van der Waals surface area contributed by atoms with Crippen LogP contribution in [0, 0.1) is 11.3 Å². The van der Waals surface area contributed by atoms with Gasteiger partial charge in [-0.2, -0.15) is 10.4 Å². The summed E-state index contributed by atoms with van der Waals surface area (Å²) in [6.45, 7) is 1.28. The average molecular weight is 321 g/mol. The van der Waals surface area contributed by atoms with Crippen molar-refractivity contribution in [2.45, 2.75) is 18.9 Å². The summed E-state index contributed by atoms with van der Waals surface area (Å²) in [5.41, 5.74) is 1.90. The molecule has 2 aromatic heterocycles. The molecule has 3 heterocycles. The second-order valence-electron chi connectivity index (χ2n) is 5.91. The summed E-state index contributed by atoms with van der Waals surface area (Å²) in [6, 6.07) is 9.72. The zero-order valence-corrected chi connectivity index (χ0v) is 12.9. The highest BCUT2D eigenvalue weighted by molar-refractivity contribution is 5.86. The molecule has 7 nitrogen and oxygen atoms in total. The Hall–Kier alpha value is -3.14. The maximum Gasteiger partial charge on any atom is 0.228 e. The Labute approximate surface area is 138 Å². The predicted octanol–water partition coefficient (Wildman–Crippen LogP) is 1.91. The fraction of sp³-hybridized carbons (Fsp3) is 0.294. The van der Waals surface area contributed by atoms with E-state index in [1.165, 1.54) is 0 Å². The van der Waals surface area contributed by atoms with Gasteiger partial charge in [0.25, 0.3) is 0 Å². The van der Waals surface area contributed by atoms with Crippen molar-refractivity contribution in [3.8, 4) is 6.07 Å². The van der Waals surface area contributed by atoms with Crippen LogP contribution in [0.15, 0.2) is 41.2 Å². The molecule has 1 saturated heterocycles. The van der Waals surface area contributed by atoms with Crippen LogP contribution in [0.1, 0.15) is 23.7 Å². The molecule has 0 aliphatic carbocycles. The molecule has 1 atom stereocenters. The summed E-state index contributed by atoms with van der Waals surface area (Å²) in [6.07, 6.45) is 4.33. The van der Waals surface area contributed by atoms with Gasteiger partial charge in [-0.15, -0.1) is 0 Å². The Kier molecular flexibility index (Phi) is 3.50. The van der Waals surface area contributed by atoms with E-state index in [2.05, 4.69) is 16.3 Å². The van der Waals surface area contributed by atoms with Crippen LogP contribution in [0.3, 0.4) is 0 Å². The summed E-state index contributed by atoms with van der Waals surface area (Å²) in [5, 5.41) is 18.0. The van der Waals surface area contributed by atoms with Gasteiger partial charge in [-0.1, -0.05) is 17.3 Å². The van der Waals surface area contributed by atoms with Gasteiger partial charge >= 0.3 is 0 Å². The van der Waals surface area contributed by atoms with Crippen molar-refractivity contribution in [2.75, 3.05) is 13.1 Å². The number of carbonyl (C=O) groups is 1. The number of amides is 1. The quantitative estimate of drug-likeness (QED) is 0.735. The van der Waals surface area contributed by atoms with Crippen LogP contribution in [0.25, 0.3) is 11.0 Å². The molecular formula is C17H15N5O2. The minimum Gasteiger partial charge on any atom is -0.356 e. The van der Waals surface area contributed by atoms with Gasteiger partial charge in [0.15, 0.2) is 5.58 Å². The zero-order valence-electron chi connectivity index (χ0n) is 12.9. The van der Waals surface area contributed by atoms with Crippen LogP contribution in [0.4, 0.5) is 0 Å². The van der Waals surface area contributed by atoms with Gasteiger partial charge in [0, 0.05) is 24.7 Å². The Balaban J connectivity index is 1.45. The summed E-state index contributed by atoms with van der Waals surface area (Å²) >= 11 is 0. The number of likely N-dealkylation sites (tertiary alicyclic amines) is 1. The second-order valence-corrected chi connectivity index (χ2v) is 5.91. The predicted molar refractivity (Wildman–Crippen MR) is 84.9 cm³/mol. The van der Waals surface area contributed by atoms with Gasteiger partial charge in [0.2, 0.25) is 5.91 Å². The Morgan fingerprint density at radius 2 is 2.29 bits per heavy atom. The fourth-order valence-electron chi connectivity index (χ4n) is 3.10. The molecule has 1 aliphatic rings. The third kappa shape index (κ3) is 2.52. The zero-order chi connectivity index (χ0) is 16.5. The first kappa shape index (κ1) is 14.5. The SMILES string of the molecule is N#Cc1cnn(C2CCN(C(=O)Cc3noc4ccccc34)C2)c1. The van der Waals surface area contributed by atoms with Crippen molar-refractivity contribution >= 4 is 16.9 Å². The molecule has 1 unspecified atom stereocenters. The van der Waals surface area contributed by atoms with Crippen molar-refractivity contribution in [3.63, 3.8) is 0 Å². The van der Waals surface area contributed by atoms with E-state index in [0.29, 0.717) is 29.9 Å². The Bertz CT molecular complexity index is 936. The lowest BCUT2D eigenvalue weighted by molar-refractivity contribution is -0.129. The monoisotopic (exact) mass is 321 g/mol. The van der Waals surface area contributed by atoms with E-state index in [0.717, 1.165) is 11.8 Å². The number of para-hydroxylation sites is 1. The number of fused-ring (bicyclic) bond motifs is 1. The number of rotatable bonds is 3. The maximum absolute atomic E-state index is 12.6. The van der Waals surface area contributed by atoms with Crippen molar-refractivity contribution in [3.05, 3.63) is 47.9 Å². The molecule has 1 aromatic carbocycles. The molecule has 24 heavy (non-hydrogen) atoms. The lowest BCUT2D eigenvalue weighted by Gasteiger charge is -2.16. The Morgan fingerprint density at radius 3 is 3.12 bits per heavy atom. The molecule has 0 bridgehead atoms. The Morgan fingerprint density at radius 1 is 1.42 bits per heavy atom. The maximum atomic E-state index is 12.6. The van der Waals surface area contributed by atoms with Gasteiger partial charge in [-0.3, -0.25) is 9.48 Å². The van der Waals surface area contributed by atoms with Crippen molar-refractivity contribution in [2.24, 2.45) is 0 Å². The topological polar surface area (TPSA) is 88.0 Å². The van der Waals surface area contributed by atoms with Gasteiger partial charge in [-0.25, -0.2) is 0 Å². The molecule has 0 spiro atoms. The standard InChI is InChI=1S/C17H15N5O2/c18-8-12-9-19-22(10-12)13-5-6-21(11-13)17(23)7-15-14-3-1-2-4-16(14)24-20-15/h1-4,9-10,13H,5-7,11H2. The van der Waals surface area contributed by atoms with Gasteiger partial charge < -0.3 is 9.42 Å². The van der Waals surface area contributed by atoms with Crippen molar-refractivity contribution in [1.29, 1.82) is 5.26 Å². The largest absolute Gasteiger partial charge is 0.356 e. The van der Waals surface area contributed by atoms with Crippen LogP contribution in [0.5, 0.6) is 0 Å². The molecule has 1 amide bonds. The third-order valence-corrected chi connectivity index (χ3v) is 4.39. The van der Waals surface area contributed by atoms with Crippen LogP contribution in [-0.4, -0.2) is 38.8 Å². The molecule has 0 radical (unpaired) electrons. The van der Waals surface area contributed by atoms with Crippen molar-refractivity contribution < 1.29 is 9.32 Å². The smallest absolute Gasteiger partial charge is 0.228 e. The molecule has 4 rings (SSSR count). The first-order chi connectivity index (χ1) is 11.7. The second kappa shape index (κ2) is 5.81. The van der Waals surface area contributed by atoms with E-state index >= 15 is 0 Å². The summed E-state index contributed by atoms with van der Waals surface area (Å²) in [4.78, 5) is 14.4. The first-order valence-electron chi connectivity index (χ1n) is 7.80. The molecule has 0 N–H and O–H groups in total. The minimum atomic E-state index is 0.0317. The lowest BCUT2D eigenvalue weighted by Crippen LogP contribution is -2.30. The van der Waals surface area contributed by atoms with E-state index in [9.17, 15) is 4.79 Å². The highest BCUT2D eigenvalue weighted by Crippen LogP contribution is 2.23. The van der Waals surface area contributed by atoms with Crippen LogP contribution >= 0.6 is 0 Å². The molecular weight excluding hydrogens is 306 g/mol. The average Bonchev–Trinajstić information content (AvgIpc) is 3.34. The number of nitriles is 1. The van der Waals surface area contributed by atoms with Gasteiger partial charge in [-0.05, 0) is 18.6 Å². The number of benzene rings is 1. The highest BCUT2D eigenvalue weighted by Gasteiger charge is 2.28. The summed E-state index contributed by atoms with van der Waals surface area (Å²) < 4.78 is 7.03. The van der Waals surface area contributed by atoms with Gasteiger partial charge in [0.05, 0.1) is 24.2 Å². The normalized spacial score (nSPS) is 17.3. The fourth-order valence-corrected chi connectivity index (χ4v) is 3.10.